The van der Waals surface area contributed by atoms with Crippen molar-refractivity contribution in [1.82, 2.24) is 16.0 Å². The average molecular weight is 528 g/mol. The van der Waals surface area contributed by atoms with E-state index in [9.17, 15) is 9.90 Å². The summed E-state index contributed by atoms with van der Waals surface area (Å²) in [7, 11) is 0. The van der Waals surface area contributed by atoms with Crippen LogP contribution in [0.25, 0.3) is 0 Å². The van der Waals surface area contributed by atoms with Crippen molar-refractivity contribution in [2.24, 2.45) is 4.99 Å². The molecule has 0 saturated carbocycles. The van der Waals surface area contributed by atoms with Gasteiger partial charge in [0.25, 0.3) is 5.91 Å². The minimum Gasteiger partial charge on any atom is -0.466 e. The highest BCUT2D eigenvalue weighted by atomic mass is 127. The Balaban J connectivity index is 0.00000450. The van der Waals surface area contributed by atoms with Gasteiger partial charge in [0, 0.05) is 24.2 Å². The Morgan fingerprint density at radius 1 is 1.10 bits per heavy atom. The number of aryl methyl sites for hydroxylation is 2. The Morgan fingerprint density at radius 3 is 2.27 bits per heavy atom. The number of carbonyl (C=O) groups is 1. The number of aliphatic imine (C=N–C) groups is 1. The second-order valence-corrected chi connectivity index (χ2v) is 7.21. The SMILES string of the molecule is CCNC(=O)c1ccc(CN=C(NCC)NCC(C)(O)c2cc(C)oc2C)cc1.I. The van der Waals surface area contributed by atoms with Gasteiger partial charge < -0.3 is 25.5 Å². The third-order valence-corrected chi connectivity index (χ3v) is 4.54. The standard InChI is InChI=1S/C22H32N4O3.HI/c1-6-23-20(27)18-10-8-17(9-11-18)13-25-21(24-7-2)26-14-22(5,28)19-12-15(3)29-16(19)4;/h8-12,28H,6-7,13-14H2,1-5H3,(H,23,27)(H2,24,25,26);1H. The molecule has 1 atom stereocenters. The van der Waals surface area contributed by atoms with Gasteiger partial charge in [-0.2, -0.15) is 0 Å². The molecule has 0 aliphatic carbocycles. The van der Waals surface area contributed by atoms with Gasteiger partial charge in [-0.05, 0) is 58.4 Å². The second-order valence-electron chi connectivity index (χ2n) is 7.21. The lowest BCUT2D eigenvalue weighted by atomic mass is 9.96. The first-order valence-corrected chi connectivity index (χ1v) is 9.96. The molecule has 0 aliphatic heterocycles. The van der Waals surface area contributed by atoms with Crippen molar-refractivity contribution >= 4 is 35.8 Å². The van der Waals surface area contributed by atoms with Crippen LogP contribution in [0.15, 0.2) is 39.7 Å². The van der Waals surface area contributed by atoms with Crippen LogP contribution in [0.3, 0.4) is 0 Å². The van der Waals surface area contributed by atoms with Crippen molar-refractivity contribution in [1.29, 1.82) is 0 Å². The van der Waals surface area contributed by atoms with E-state index in [0.29, 0.717) is 36.9 Å². The fourth-order valence-corrected chi connectivity index (χ4v) is 3.05. The van der Waals surface area contributed by atoms with E-state index >= 15 is 0 Å². The fourth-order valence-electron chi connectivity index (χ4n) is 3.05. The number of guanidine groups is 1. The van der Waals surface area contributed by atoms with Crippen LogP contribution in [-0.2, 0) is 12.1 Å². The Labute approximate surface area is 195 Å². The molecular formula is C22H33IN4O3. The molecule has 1 aromatic carbocycles. The maximum atomic E-state index is 11.8. The zero-order valence-electron chi connectivity index (χ0n) is 18.3. The average Bonchev–Trinajstić information content (AvgIpc) is 3.03. The number of hydrogen-bond acceptors (Lipinski definition) is 4. The number of nitrogens with zero attached hydrogens (tertiary/aromatic N) is 1. The molecule has 7 nitrogen and oxygen atoms in total. The van der Waals surface area contributed by atoms with Crippen LogP contribution in [0.5, 0.6) is 0 Å². The van der Waals surface area contributed by atoms with Gasteiger partial charge >= 0.3 is 0 Å². The quantitative estimate of drug-likeness (QED) is 0.240. The van der Waals surface area contributed by atoms with Gasteiger partial charge in [0.15, 0.2) is 5.96 Å². The monoisotopic (exact) mass is 528 g/mol. The maximum absolute atomic E-state index is 11.8. The van der Waals surface area contributed by atoms with E-state index in [4.69, 9.17) is 4.42 Å². The third-order valence-electron chi connectivity index (χ3n) is 4.54. The molecule has 8 heteroatoms. The van der Waals surface area contributed by atoms with Crippen LogP contribution >= 0.6 is 24.0 Å². The molecule has 0 saturated heterocycles. The molecule has 166 valence electrons. The summed E-state index contributed by atoms with van der Waals surface area (Å²) in [5.74, 6) is 2.01. The molecule has 1 amide bonds. The van der Waals surface area contributed by atoms with Gasteiger partial charge in [-0.1, -0.05) is 12.1 Å². The van der Waals surface area contributed by atoms with E-state index in [1.807, 2.05) is 45.9 Å². The van der Waals surface area contributed by atoms with E-state index in [1.165, 1.54) is 0 Å². The Morgan fingerprint density at radius 2 is 1.73 bits per heavy atom. The lowest BCUT2D eigenvalue weighted by Crippen LogP contribution is -2.44. The number of nitrogens with one attached hydrogen (secondary N) is 3. The first kappa shape index (κ1) is 26.0. The van der Waals surface area contributed by atoms with Crippen molar-refractivity contribution in [2.75, 3.05) is 19.6 Å². The summed E-state index contributed by atoms with van der Waals surface area (Å²) < 4.78 is 5.54. The number of halogens is 1. The number of amides is 1. The van der Waals surface area contributed by atoms with Gasteiger partial charge in [0.05, 0.1) is 13.1 Å². The molecule has 2 aromatic rings. The number of aliphatic hydroxyl groups is 1. The molecule has 2 rings (SSSR count). The lowest BCUT2D eigenvalue weighted by molar-refractivity contribution is 0.0601. The summed E-state index contributed by atoms with van der Waals surface area (Å²) in [4.78, 5) is 16.4. The highest BCUT2D eigenvalue weighted by Crippen LogP contribution is 2.26. The maximum Gasteiger partial charge on any atom is 0.251 e. The van der Waals surface area contributed by atoms with Gasteiger partial charge in [0.1, 0.15) is 17.1 Å². The van der Waals surface area contributed by atoms with Crippen LogP contribution < -0.4 is 16.0 Å². The van der Waals surface area contributed by atoms with Crippen LogP contribution in [-0.4, -0.2) is 36.6 Å². The van der Waals surface area contributed by atoms with Gasteiger partial charge in [-0.15, -0.1) is 24.0 Å². The van der Waals surface area contributed by atoms with Crippen LogP contribution in [0, 0.1) is 13.8 Å². The summed E-state index contributed by atoms with van der Waals surface area (Å²) >= 11 is 0. The van der Waals surface area contributed by atoms with Crippen molar-refractivity contribution < 1.29 is 14.3 Å². The van der Waals surface area contributed by atoms with Crippen molar-refractivity contribution in [2.45, 2.75) is 46.8 Å². The second kappa shape index (κ2) is 11.9. The van der Waals surface area contributed by atoms with E-state index in [-0.39, 0.29) is 36.4 Å². The molecule has 0 radical (unpaired) electrons. The topological polar surface area (TPSA) is 98.9 Å². The zero-order chi connectivity index (χ0) is 21.4. The van der Waals surface area contributed by atoms with Gasteiger partial charge in [-0.25, -0.2) is 4.99 Å². The molecule has 30 heavy (non-hydrogen) atoms. The number of rotatable bonds is 8. The zero-order valence-corrected chi connectivity index (χ0v) is 20.7. The predicted octanol–water partition coefficient (Wildman–Crippen LogP) is 3.23. The smallest absolute Gasteiger partial charge is 0.251 e. The normalized spacial score (nSPS) is 13.2. The summed E-state index contributed by atoms with van der Waals surface area (Å²) in [6.07, 6.45) is 0. The van der Waals surface area contributed by atoms with Crippen molar-refractivity contribution in [3.8, 4) is 0 Å². The van der Waals surface area contributed by atoms with E-state index < -0.39 is 5.60 Å². The molecule has 0 spiro atoms. The Kier molecular flexibility index (Phi) is 10.3. The van der Waals surface area contributed by atoms with E-state index in [1.54, 1.807) is 19.1 Å². The van der Waals surface area contributed by atoms with Crippen LogP contribution in [0.2, 0.25) is 0 Å². The van der Waals surface area contributed by atoms with Crippen molar-refractivity contribution in [3.63, 3.8) is 0 Å². The van der Waals surface area contributed by atoms with Crippen LogP contribution in [0.1, 0.15) is 53.8 Å². The Bertz CT molecular complexity index is 845. The fraction of sp³-hybridized carbons (Fsp3) is 0.455. The highest BCUT2D eigenvalue weighted by molar-refractivity contribution is 14.0. The predicted molar refractivity (Wildman–Crippen MR) is 130 cm³/mol. The highest BCUT2D eigenvalue weighted by Gasteiger charge is 2.27. The molecule has 0 bridgehead atoms. The number of carbonyl (C=O) groups excluding carboxylic acids is 1. The minimum absolute atomic E-state index is 0. The van der Waals surface area contributed by atoms with Gasteiger partial charge in [0.2, 0.25) is 0 Å². The number of furan rings is 1. The summed E-state index contributed by atoms with van der Waals surface area (Å²) in [5.41, 5.74) is 1.29. The number of hydrogen-bond donors (Lipinski definition) is 4. The van der Waals surface area contributed by atoms with Crippen LogP contribution in [0.4, 0.5) is 0 Å². The Hall–Kier alpha value is -2.07. The summed E-state index contributed by atoms with van der Waals surface area (Å²) in [5, 5.41) is 20.0. The largest absolute Gasteiger partial charge is 0.466 e. The first-order valence-electron chi connectivity index (χ1n) is 9.96. The molecule has 1 heterocycles. The first-order chi connectivity index (χ1) is 13.8. The molecule has 0 aliphatic rings. The lowest BCUT2D eigenvalue weighted by Gasteiger charge is -2.24. The summed E-state index contributed by atoms with van der Waals surface area (Å²) in [6, 6.07) is 9.24. The third kappa shape index (κ3) is 7.32. The van der Waals surface area contributed by atoms with E-state index in [0.717, 1.165) is 16.9 Å². The van der Waals surface area contributed by atoms with E-state index in [2.05, 4.69) is 20.9 Å². The molecule has 4 N–H and O–H groups in total. The molecular weight excluding hydrogens is 495 g/mol. The molecule has 1 aromatic heterocycles. The van der Waals surface area contributed by atoms with Crippen molar-refractivity contribution in [3.05, 3.63) is 58.5 Å². The van der Waals surface area contributed by atoms with Gasteiger partial charge in [-0.3, -0.25) is 4.79 Å². The number of benzene rings is 1. The minimum atomic E-state index is -1.09. The molecule has 1 unspecified atom stereocenters. The summed E-state index contributed by atoms with van der Waals surface area (Å²) in [6.45, 7) is 11.4. The molecule has 0 fully saturated rings.